The minimum absolute atomic E-state index is 0.749. The highest BCUT2D eigenvalue weighted by molar-refractivity contribution is 7.23. The molecule has 0 saturated carbocycles. The maximum absolute atomic E-state index is 5.98. The lowest BCUT2D eigenvalue weighted by molar-refractivity contribution is 1.18. The lowest BCUT2D eigenvalue weighted by atomic mass is 10.1. The van der Waals surface area contributed by atoms with Gasteiger partial charge in [-0.05, 0) is 56.2 Å². The van der Waals surface area contributed by atoms with Crippen LogP contribution in [0.25, 0.3) is 26.4 Å². The Hall–Kier alpha value is -1.84. The molecule has 2 aromatic carbocycles. The lowest BCUT2D eigenvalue weighted by Crippen LogP contribution is -1.88. The van der Waals surface area contributed by atoms with E-state index in [1.165, 1.54) is 27.0 Å². The number of thiazole rings is 1. The predicted octanol–water partition coefficient (Wildman–Crippen LogP) is 5.79. The van der Waals surface area contributed by atoms with Gasteiger partial charge in [-0.3, -0.25) is 4.40 Å². The maximum atomic E-state index is 5.98. The molecule has 4 heteroatoms. The van der Waals surface area contributed by atoms with Crippen LogP contribution in [0.4, 0.5) is 0 Å². The summed E-state index contributed by atoms with van der Waals surface area (Å²) in [6.45, 7) is 6.44. The van der Waals surface area contributed by atoms with Crippen molar-refractivity contribution in [3.8, 4) is 11.3 Å². The first-order valence-electron chi connectivity index (χ1n) is 7.19. The van der Waals surface area contributed by atoms with E-state index in [1.54, 1.807) is 11.3 Å². The van der Waals surface area contributed by atoms with E-state index in [2.05, 4.69) is 37.3 Å². The zero-order valence-corrected chi connectivity index (χ0v) is 14.2. The van der Waals surface area contributed by atoms with Crippen molar-refractivity contribution in [2.24, 2.45) is 0 Å². The number of aryl methyl sites for hydroxylation is 3. The molecule has 22 heavy (non-hydrogen) atoms. The van der Waals surface area contributed by atoms with Crippen LogP contribution in [0.2, 0.25) is 5.02 Å². The molecule has 2 heterocycles. The van der Waals surface area contributed by atoms with Gasteiger partial charge in [0.1, 0.15) is 0 Å². The van der Waals surface area contributed by atoms with E-state index < -0.39 is 0 Å². The molecule has 0 aliphatic heterocycles. The quantitative estimate of drug-likeness (QED) is 0.432. The topological polar surface area (TPSA) is 17.3 Å². The molecular formula is C18H15ClN2S. The first-order valence-corrected chi connectivity index (χ1v) is 8.39. The smallest absolute Gasteiger partial charge is 0.195 e. The van der Waals surface area contributed by atoms with Gasteiger partial charge in [-0.15, -0.1) is 0 Å². The van der Waals surface area contributed by atoms with E-state index in [1.807, 2.05) is 24.3 Å². The highest BCUT2D eigenvalue weighted by Gasteiger charge is 2.15. The van der Waals surface area contributed by atoms with E-state index >= 15 is 0 Å². The summed E-state index contributed by atoms with van der Waals surface area (Å²) in [7, 11) is 0. The Kier molecular flexibility index (Phi) is 3.03. The average Bonchev–Trinajstić information content (AvgIpc) is 2.98. The first-order chi connectivity index (χ1) is 10.5. The summed E-state index contributed by atoms with van der Waals surface area (Å²) >= 11 is 7.73. The molecule has 0 N–H and O–H groups in total. The predicted molar refractivity (Wildman–Crippen MR) is 95.2 cm³/mol. The third-order valence-electron chi connectivity index (χ3n) is 4.21. The number of hydrogen-bond acceptors (Lipinski definition) is 2. The molecule has 0 atom stereocenters. The van der Waals surface area contributed by atoms with Gasteiger partial charge in [-0.25, -0.2) is 4.98 Å². The van der Waals surface area contributed by atoms with Crippen LogP contribution in [0, 0.1) is 20.8 Å². The van der Waals surface area contributed by atoms with Gasteiger partial charge in [-0.2, -0.15) is 0 Å². The molecule has 0 radical (unpaired) electrons. The second kappa shape index (κ2) is 4.83. The Morgan fingerprint density at radius 3 is 2.41 bits per heavy atom. The number of imidazole rings is 1. The molecule has 4 aromatic rings. The minimum atomic E-state index is 0.749. The van der Waals surface area contributed by atoms with Gasteiger partial charge in [-0.1, -0.05) is 35.1 Å². The molecule has 0 bridgehead atoms. The standard InChI is InChI=1S/C18H15ClN2S/c1-10-8-15-16(9-11(10)2)22-18-20-17(12(3)21(15)18)13-4-6-14(19)7-5-13/h4-9H,1-3H3. The van der Waals surface area contributed by atoms with Crippen LogP contribution < -0.4 is 0 Å². The van der Waals surface area contributed by atoms with Crippen LogP contribution in [0.3, 0.4) is 0 Å². The fraction of sp³-hybridized carbons (Fsp3) is 0.167. The van der Waals surface area contributed by atoms with Crippen LogP contribution in [0.5, 0.6) is 0 Å². The number of aromatic nitrogens is 2. The van der Waals surface area contributed by atoms with E-state index in [9.17, 15) is 0 Å². The van der Waals surface area contributed by atoms with Crippen LogP contribution in [0.1, 0.15) is 16.8 Å². The Balaban J connectivity index is 2.01. The summed E-state index contributed by atoms with van der Waals surface area (Å²) < 4.78 is 3.55. The van der Waals surface area contributed by atoms with E-state index in [0.29, 0.717) is 0 Å². The number of hydrogen-bond donors (Lipinski definition) is 0. The molecule has 0 saturated heterocycles. The molecule has 0 spiro atoms. The molecule has 2 aromatic heterocycles. The van der Waals surface area contributed by atoms with Crippen molar-refractivity contribution in [2.75, 3.05) is 0 Å². The zero-order valence-electron chi connectivity index (χ0n) is 12.6. The third-order valence-corrected chi connectivity index (χ3v) is 5.47. The number of halogens is 1. The molecule has 0 aliphatic rings. The summed E-state index contributed by atoms with van der Waals surface area (Å²) in [6, 6.07) is 12.4. The van der Waals surface area contributed by atoms with Gasteiger partial charge in [0.2, 0.25) is 0 Å². The number of fused-ring (bicyclic) bond motifs is 3. The fourth-order valence-corrected chi connectivity index (χ4v) is 4.12. The normalized spacial score (nSPS) is 11.6. The largest absolute Gasteiger partial charge is 0.287 e. The van der Waals surface area contributed by atoms with E-state index in [4.69, 9.17) is 16.6 Å². The summed E-state index contributed by atoms with van der Waals surface area (Å²) in [4.78, 5) is 5.89. The van der Waals surface area contributed by atoms with Crippen molar-refractivity contribution >= 4 is 38.1 Å². The fourth-order valence-electron chi connectivity index (χ4n) is 2.84. The number of nitrogens with zero attached hydrogens (tertiary/aromatic N) is 2. The molecule has 0 unspecified atom stereocenters. The highest BCUT2D eigenvalue weighted by Crippen LogP contribution is 2.34. The molecule has 4 rings (SSSR count). The molecule has 0 amide bonds. The van der Waals surface area contributed by atoms with Crippen LogP contribution in [-0.4, -0.2) is 9.38 Å². The van der Waals surface area contributed by atoms with Crippen LogP contribution in [-0.2, 0) is 0 Å². The zero-order chi connectivity index (χ0) is 15.4. The second-order valence-corrected chi connectivity index (χ2v) is 7.12. The van der Waals surface area contributed by atoms with Gasteiger partial charge in [0, 0.05) is 16.3 Å². The van der Waals surface area contributed by atoms with Gasteiger partial charge >= 0.3 is 0 Å². The first kappa shape index (κ1) is 13.8. The lowest BCUT2D eigenvalue weighted by Gasteiger charge is -2.03. The number of benzene rings is 2. The Labute approximate surface area is 138 Å². The Bertz CT molecular complexity index is 1010. The highest BCUT2D eigenvalue weighted by atomic mass is 35.5. The van der Waals surface area contributed by atoms with Crippen molar-refractivity contribution in [3.05, 3.63) is 58.2 Å². The van der Waals surface area contributed by atoms with Crippen molar-refractivity contribution in [1.29, 1.82) is 0 Å². The Morgan fingerprint density at radius 1 is 1.00 bits per heavy atom. The minimum Gasteiger partial charge on any atom is -0.287 e. The van der Waals surface area contributed by atoms with Crippen molar-refractivity contribution in [1.82, 2.24) is 9.38 Å². The van der Waals surface area contributed by atoms with Crippen molar-refractivity contribution < 1.29 is 0 Å². The van der Waals surface area contributed by atoms with Gasteiger partial charge in [0.15, 0.2) is 4.96 Å². The van der Waals surface area contributed by atoms with Crippen LogP contribution >= 0.6 is 22.9 Å². The molecular weight excluding hydrogens is 312 g/mol. The van der Waals surface area contributed by atoms with Gasteiger partial charge in [0.05, 0.1) is 15.9 Å². The second-order valence-electron chi connectivity index (χ2n) is 5.68. The van der Waals surface area contributed by atoms with Gasteiger partial charge < -0.3 is 0 Å². The molecule has 0 fully saturated rings. The third kappa shape index (κ3) is 1.97. The monoisotopic (exact) mass is 326 g/mol. The van der Waals surface area contributed by atoms with Crippen molar-refractivity contribution in [3.63, 3.8) is 0 Å². The average molecular weight is 327 g/mol. The van der Waals surface area contributed by atoms with E-state index in [-0.39, 0.29) is 0 Å². The number of rotatable bonds is 1. The summed E-state index contributed by atoms with van der Waals surface area (Å²) in [6.07, 6.45) is 0. The van der Waals surface area contributed by atoms with E-state index in [0.717, 1.165) is 21.2 Å². The maximum Gasteiger partial charge on any atom is 0.195 e. The summed E-state index contributed by atoms with van der Waals surface area (Å²) in [5.41, 5.74) is 7.19. The summed E-state index contributed by atoms with van der Waals surface area (Å²) in [5.74, 6) is 0. The molecule has 0 aliphatic carbocycles. The van der Waals surface area contributed by atoms with Crippen molar-refractivity contribution in [2.45, 2.75) is 20.8 Å². The van der Waals surface area contributed by atoms with Crippen LogP contribution in [0.15, 0.2) is 36.4 Å². The van der Waals surface area contributed by atoms with Gasteiger partial charge in [0.25, 0.3) is 0 Å². The SMILES string of the molecule is Cc1cc2sc3nc(-c4ccc(Cl)cc4)c(C)n3c2cc1C. The molecule has 2 nitrogen and oxygen atoms in total. The Morgan fingerprint density at radius 2 is 1.68 bits per heavy atom. The molecule has 110 valence electrons. The summed E-state index contributed by atoms with van der Waals surface area (Å²) in [5, 5.41) is 0.749.